The molecule has 2 fully saturated rings. The normalized spacial score (nSPS) is 18.8. The van der Waals surface area contributed by atoms with Crippen LogP contribution in [0.1, 0.15) is 55.0 Å². The van der Waals surface area contributed by atoms with E-state index in [2.05, 4.69) is 27.9 Å². The third kappa shape index (κ3) is 4.09. The van der Waals surface area contributed by atoms with Crippen LogP contribution in [0.3, 0.4) is 0 Å². The fraction of sp³-hybridized carbons (Fsp3) is 0.393. The van der Waals surface area contributed by atoms with Gasteiger partial charge in [0.25, 0.3) is 0 Å². The molecular weight excluding hydrogens is 491 g/mol. The Hall–Kier alpha value is -3.33. The molecular formula is C28H29FN4O3S. The van der Waals surface area contributed by atoms with Gasteiger partial charge in [0.05, 0.1) is 29.9 Å². The molecule has 2 aromatic carbocycles. The molecule has 6 rings (SSSR count). The number of halogens is 1. The van der Waals surface area contributed by atoms with Crippen LogP contribution in [0.25, 0.3) is 22.2 Å². The molecule has 4 heterocycles. The average molecular weight is 521 g/mol. The van der Waals surface area contributed by atoms with Crippen LogP contribution in [0.4, 0.5) is 10.1 Å². The minimum Gasteiger partial charge on any atom is -0.494 e. The van der Waals surface area contributed by atoms with Crippen LogP contribution in [0.5, 0.6) is 5.75 Å². The Balaban J connectivity index is 1.49. The Kier molecular flexibility index (Phi) is 6.18. The zero-order chi connectivity index (χ0) is 25.7. The molecule has 2 aliphatic rings. The van der Waals surface area contributed by atoms with E-state index >= 15 is 0 Å². The molecule has 1 unspecified atom stereocenters. The van der Waals surface area contributed by atoms with Gasteiger partial charge in [-0.25, -0.2) is 9.37 Å². The number of carbonyl (C=O) groups excluding carboxylic acids is 1. The van der Waals surface area contributed by atoms with Crippen LogP contribution in [0.2, 0.25) is 0 Å². The van der Waals surface area contributed by atoms with Crippen LogP contribution in [0, 0.1) is 19.7 Å². The molecule has 2 aromatic heterocycles. The summed E-state index contributed by atoms with van der Waals surface area (Å²) in [7, 11) is 1.43. The lowest BCUT2D eigenvalue weighted by atomic mass is 10.0. The maximum absolute atomic E-state index is 14.6. The number of thioether (sulfide) groups is 1. The van der Waals surface area contributed by atoms with Gasteiger partial charge in [-0.3, -0.25) is 4.79 Å². The highest BCUT2D eigenvalue weighted by Gasteiger charge is 2.38. The number of hydrogen-bond acceptors (Lipinski definition) is 6. The van der Waals surface area contributed by atoms with Gasteiger partial charge in [0, 0.05) is 29.8 Å². The topological polar surface area (TPSA) is 73.4 Å². The van der Waals surface area contributed by atoms with E-state index in [1.54, 1.807) is 17.0 Å². The van der Waals surface area contributed by atoms with Crippen molar-refractivity contribution in [2.24, 2.45) is 0 Å². The molecule has 1 amide bonds. The molecule has 37 heavy (non-hydrogen) atoms. The number of benzene rings is 2. The summed E-state index contributed by atoms with van der Waals surface area (Å²) in [4.78, 5) is 20.0. The molecule has 192 valence electrons. The third-order valence-electron chi connectivity index (χ3n) is 7.52. The highest BCUT2D eigenvalue weighted by molar-refractivity contribution is 7.99. The Bertz CT molecular complexity index is 1470. The van der Waals surface area contributed by atoms with Crippen molar-refractivity contribution in [2.45, 2.75) is 51.6 Å². The first-order valence-electron chi connectivity index (χ1n) is 12.6. The quantitative estimate of drug-likeness (QED) is 0.304. The van der Waals surface area contributed by atoms with Gasteiger partial charge < -0.3 is 18.7 Å². The number of rotatable bonds is 5. The smallest absolute Gasteiger partial charge is 0.227 e. The summed E-state index contributed by atoms with van der Waals surface area (Å²) in [6.07, 6.45) is 3.12. The van der Waals surface area contributed by atoms with Gasteiger partial charge in [0.15, 0.2) is 11.6 Å². The standard InChI is InChI=1S/C28H29FN4O3S/c1-16-27(17(2)36-31-16)18-4-6-23-22(14-18)30-28(33(23)19-10-12-37-13-11-19)24-7-9-26(34)32(24)20-5-8-25(35-3)21(29)15-20/h4-6,8,14-15,19,24H,7,9-13H2,1-3H3. The lowest BCUT2D eigenvalue weighted by Gasteiger charge is -2.30. The van der Waals surface area contributed by atoms with E-state index in [-0.39, 0.29) is 17.7 Å². The van der Waals surface area contributed by atoms with E-state index in [1.165, 1.54) is 13.2 Å². The van der Waals surface area contributed by atoms with E-state index in [4.69, 9.17) is 14.2 Å². The average Bonchev–Trinajstić information content (AvgIpc) is 3.58. The predicted octanol–water partition coefficient (Wildman–Crippen LogP) is 6.39. The number of carbonyl (C=O) groups is 1. The van der Waals surface area contributed by atoms with E-state index < -0.39 is 5.82 Å². The van der Waals surface area contributed by atoms with Crippen molar-refractivity contribution in [1.82, 2.24) is 14.7 Å². The van der Waals surface area contributed by atoms with Gasteiger partial charge in [0.2, 0.25) is 5.91 Å². The number of nitrogens with zero attached hydrogens (tertiary/aromatic N) is 4. The SMILES string of the molecule is COc1ccc(N2C(=O)CCC2c2nc3cc(-c4c(C)noc4C)ccc3n2C2CCSCC2)cc1F. The molecule has 0 aliphatic carbocycles. The highest BCUT2D eigenvalue weighted by Crippen LogP contribution is 2.42. The zero-order valence-electron chi connectivity index (χ0n) is 21.2. The summed E-state index contributed by atoms with van der Waals surface area (Å²) < 4.78 is 27.5. The monoisotopic (exact) mass is 520 g/mol. The second kappa shape index (κ2) is 9.52. The Morgan fingerprint density at radius 2 is 1.92 bits per heavy atom. The number of aromatic nitrogens is 3. The first kappa shape index (κ1) is 24.0. The zero-order valence-corrected chi connectivity index (χ0v) is 22.0. The summed E-state index contributed by atoms with van der Waals surface area (Å²) in [5.74, 6) is 3.48. The van der Waals surface area contributed by atoms with Crippen LogP contribution in [-0.4, -0.2) is 39.2 Å². The first-order valence-corrected chi connectivity index (χ1v) is 13.8. The Morgan fingerprint density at radius 1 is 1.11 bits per heavy atom. The Labute approximate surface area is 219 Å². The maximum Gasteiger partial charge on any atom is 0.227 e. The van der Waals surface area contributed by atoms with Crippen molar-refractivity contribution in [3.05, 3.63) is 59.5 Å². The summed E-state index contributed by atoms with van der Waals surface area (Å²) in [6.45, 7) is 3.86. The summed E-state index contributed by atoms with van der Waals surface area (Å²) in [6, 6.07) is 11.1. The molecule has 1 atom stereocenters. The fourth-order valence-electron chi connectivity index (χ4n) is 5.79. The predicted molar refractivity (Wildman–Crippen MR) is 143 cm³/mol. The lowest BCUT2D eigenvalue weighted by molar-refractivity contribution is -0.117. The van der Waals surface area contributed by atoms with Crippen molar-refractivity contribution >= 4 is 34.4 Å². The van der Waals surface area contributed by atoms with Crippen molar-refractivity contribution in [1.29, 1.82) is 0 Å². The summed E-state index contributed by atoms with van der Waals surface area (Å²) >= 11 is 1.98. The van der Waals surface area contributed by atoms with Crippen LogP contribution in [-0.2, 0) is 4.79 Å². The van der Waals surface area contributed by atoms with Gasteiger partial charge in [-0.05, 0) is 74.4 Å². The second-order valence-corrected chi connectivity index (χ2v) is 10.9. The van der Waals surface area contributed by atoms with Crippen molar-refractivity contribution in [2.75, 3.05) is 23.5 Å². The highest BCUT2D eigenvalue weighted by atomic mass is 32.2. The van der Waals surface area contributed by atoms with Gasteiger partial charge in [-0.2, -0.15) is 11.8 Å². The van der Waals surface area contributed by atoms with Crippen molar-refractivity contribution < 1.29 is 18.4 Å². The van der Waals surface area contributed by atoms with E-state index in [1.807, 2.05) is 25.6 Å². The van der Waals surface area contributed by atoms with Crippen molar-refractivity contribution in [3.8, 4) is 16.9 Å². The molecule has 0 radical (unpaired) electrons. The number of ether oxygens (including phenoxy) is 1. The van der Waals surface area contributed by atoms with E-state index in [9.17, 15) is 9.18 Å². The van der Waals surface area contributed by atoms with Gasteiger partial charge in [0.1, 0.15) is 11.6 Å². The number of anilines is 1. The minimum absolute atomic E-state index is 0.0243. The number of hydrogen-bond donors (Lipinski definition) is 0. The molecule has 9 heteroatoms. The summed E-state index contributed by atoms with van der Waals surface area (Å²) in [5, 5.41) is 4.12. The molecule has 2 saturated heterocycles. The first-order chi connectivity index (χ1) is 18.0. The molecule has 0 bridgehead atoms. The third-order valence-corrected chi connectivity index (χ3v) is 8.57. The molecule has 2 aliphatic heterocycles. The number of imidazole rings is 1. The molecule has 0 spiro atoms. The number of amides is 1. The Morgan fingerprint density at radius 3 is 2.62 bits per heavy atom. The summed E-state index contributed by atoms with van der Waals surface area (Å²) in [5.41, 5.74) is 5.30. The van der Waals surface area contributed by atoms with Gasteiger partial charge in [-0.15, -0.1) is 0 Å². The number of methoxy groups -OCH3 is 1. The lowest BCUT2D eigenvalue weighted by Crippen LogP contribution is -2.30. The van der Waals surface area contributed by atoms with Gasteiger partial charge >= 0.3 is 0 Å². The second-order valence-electron chi connectivity index (χ2n) is 9.72. The van der Waals surface area contributed by atoms with Gasteiger partial charge in [-0.1, -0.05) is 11.2 Å². The molecule has 7 nitrogen and oxygen atoms in total. The van der Waals surface area contributed by atoms with E-state index in [0.717, 1.165) is 63.8 Å². The fourth-order valence-corrected chi connectivity index (χ4v) is 6.87. The maximum atomic E-state index is 14.6. The minimum atomic E-state index is -0.486. The molecule has 4 aromatic rings. The molecule has 0 saturated carbocycles. The number of fused-ring (bicyclic) bond motifs is 1. The molecule has 0 N–H and O–H groups in total. The van der Waals surface area contributed by atoms with E-state index in [0.29, 0.717) is 24.6 Å². The van der Waals surface area contributed by atoms with Crippen molar-refractivity contribution in [3.63, 3.8) is 0 Å². The number of aryl methyl sites for hydroxylation is 2. The van der Waals surface area contributed by atoms with Crippen LogP contribution in [0.15, 0.2) is 40.9 Å². The largest absolute Gasteiger partial charge is 0.494 e. The van der Waals surface area contributed by atoms with Crippen LogP contribution >= 0.6 is 11.8 Å². The van der Waals surface area contributed by atoms with Crippen LogP contribution < -0.4 is 9.64 Å².